The molecule has 0 bridgehead atoms. The minimum Gasteiger partial charge on any atom is -0.496 e. The van der Waals surface area contributed by atoms with Gasteiger partial charge in [-0.15, -0.1) is 0 Å². The zero-order chi connectivity index (χ0) is 13.3. The van der Waals surface area contributed by atoms with Crippen molar-refractivity contribution in [1.82, 2.24) is 5.32 Å². The standard InChI is InChI=1S/C17H25NO/c1-13(11-14-5-3-4-6-16(14)19-2)18-12-17(9-10-17)15-7-8-15/h3-6,13,15,18H,7-12H2,1-2H3. The Balaban J connectivity index is 1.52. The second-order valence-corrected chi connectivity index (χ2v) is 6.43. The van der Waals surface area contributed by atoms with Gasteiger partial charge in [-0.05, 0) is 62.0 Å². The normalized spacial score (nSPS) is 22.0. The summed E-state index contributed by atoms with van der Waals surface area (Å²) in [5.41, 5.74) is 2.00. The molecule has 0 saturated heterocycles. The van der Waals surface area contributed by atoms with Crippen LogP contribution in [-0.4, -0.2) is 19.7 Å². The zero-order valence-corrected chi connectivity index (χ0v) is 12.1. The minimum absolute atomic E-state index is 0.521. The summed E-state index contributed by atoms with van der Waals surface area (Å²) < 4.78 is 5.42. The van der Waals surface area contributed by atoms with E-state index in [1.165, 1.54) is 37.8 Å². The molecule has 0 heterocycles. The molecule has 0 radical (unpaired) electrons. The van der Waals surface area contributed by atoms with Gasteiger partial charge in [-0.1, -0.05) is 18.2 Å². The van der Waals surface area contributed by atoms with Crippen molar-refractivity contribution in [3.8, 4) is 5.75 Å². The third kappa shape index (κ3) is 2.94. The van der Waals surface area contributed by atoms with Gasteiger partial charge < -0.3 is 10.1 Å². The summed E-state index contributed by atoms with van der Waals surface area (Å²) in [5.74, 6) is 2.05. The molecule has 1 unspecified atom stereocenters. The van der Waals surface area contributed by atoms with Crippen molar-refractivity contribution in [3.63, 3.8) is 0 Å². The third-order valence-electron chi connectivity index (χ3n) is 4.86. The highest BCUT2D eigenvalue weighted by atomic mass is 16.5. The molecule has 1 atom stereocenters. The second kappa shape index (κ2) is 5.16. The molecule has 2 aliphatic rings. The maximum Gasteiger partial charge on any atom is 0.122 e. The van der Waals surface area contributed by atoms with E-state index in [0.29, 0.717) is 11.5 Å². The molecule has 0 aliphatic heterocycles. The van der Waals surface area contributed by atoms with Gasteiger partial charge >= 0.3 is 0 Å². The first kappa shape index (κ1) is 13.0. The van der Waals surface area contributed by atoms with Crippen LogP contribution in [0.4, 0.5) is 0 Å². The summed E-state index contributed by atoms with van der Waals surface area (Å²) in [4.78, 5) is 0. The van der Waals surface area contributed by atoms with Gasteiger partial charge in [-0.25, -0.2) is 0 Å². The Morgan fingerprint density at radius 3 is 2.68 bits per heavy atom. The van der Waals surface area contributed by atoms with Crippen molar-refractivity contribution >= 4 is 0 Å². The topological polar surface area (TPSA) is 21.3 Å². The molecule has 1 aromatic rings. The van der Waals surface area contributed by atoms with Crippen molar-refractivity contribution in [1.29, 1.82) is 0 Å². The van der Waals surface area contributed by atoms with Crippen molar-refractivity contribution in [2.45, 2.75) is 45.1 Å². The SMILES string of the molecule is COc1ccccc1CC(C)NCC1(C2CC2)CC1. The van der Waals surface area contributed by atoms with Crippen LogP contribution in [0.5, 0.6) is 5.75 Å². The van der Waals surface area contributed by atoms with Gasteiger partial charge in [-0.2, -0.15) is 0 Å². The fourth-order valence-electron chi connectivity index (χ4n) is 3.24. The number of hydrogen-bond donors (Lipinski definition) is 1. The quantitative estimate of drug-likeness (QED) is 0.810. The summed E-state index contributed by atoms with van der Waals surface area (Å²) in [6.45, 7) is 3.50. The predicted octanol–water partition coefficient (Wildman–Crippen LogP) is 3.41. The molecule has 0 amide bonds. The molecule has 2 nitrogen and oxygen atoms in total. The molecule has 2 saturated carbocycles. The number of hydrogen-bond acceptors (Lipinski definition) is 2. The molecule has 0 spiro atoms. The van der Waals surface area contributed by atoms with E-state index in [1.54, 1.807) is 7.11 Å². The monoisotopic (exact) mass is 259 g/mol. The number of rotatable bonds is 7. The van der Waals surface area contributed by atoms with Crippen LogP contribution < -0.4 is 10.1 Å². The van der Waals surface area contributed by atoms with E-state index in [-0.39, 0.29) is 0 Å². The van der Waals surface area contributed by atoms with Gasteiger partial charge in [-0.3, -0.25) is 0 Å². The molecule has 3 rings (SSSR count). The van der Waals surface area contributed by atoms with Gasteiger partial charge in [0.1, 0.15) is 5.75 Å². The first-order valence-electron chi connectivity index (χ1n) is 7.59. The Hall–Kier alpha value is -1.02. The maximum atomic E-state index is 5.42. The van der Waals surface area contributed by atoms with E-state index in [9.17, 15) is 0 Å². The number of benzene rings is 1. The number of methoxy groups -OCH3 is 1. The van der Waals surface area contributed by atoms with Crippen LogP contribution in [0.3, 0.4) is 0 Å². The van der Waals surface area contributed by atoms with Gasteiger partial charge in [0.25, 0.3) is 0 Å². The smallest absolute Gasteiger partial charge is 0.122 e. The predicted molar refractivity (Wildman–Crippen MR) is 78.6 cm³/mol. The Morgan fingerprint density at radius 2 is 2.05 bits per heavy atom. The average molecular weight is 259 g/mol. The second-order valence-electron chi connectivity index (χ2n) is 6.43. The van der Waals surface area contributed by atoms with E-state index in [1.807, 2.05) is 6.07 Å². The van der Waals surface area contributed by atoms with E-state index in [2.05, 4.69) is 30.4 Å². The number of ether oxygens (including phenoxy) is 1. The maximum absolute atomic E-state index is 5.42. The lowest BCUT2D eigenvalue weighted by Crippen LogP contribution is -2.34. The van der Waals surface area contributed by atoms with E-state index in [4.69, 9.17) is 4.74 Å². The van der Waals surface area contributed by atoms with Crippen LogP contribution in [0.2, 0.25) is 0 Å². The summed E-state index contributed by atoms with van der Waals surface area (Å²) in [6.07, 6.45) is 6.90. The van der Waals surface area contributed by atoms with E-state index < -0.39 is 0 Å². The molecular formula is C17H25NO. The van der Waals surface area contributed by atoms with Crippen LogP contribution >= 0.6 is 0 Å². The van der Waals surface area contributed by atoms with Crippen molar-refractivity contribution < 1.29 is 4.74 Å². The fourth-order valence-corrected chi connectivity index (χ4v) is 3.24. The first-order chi connectivity index (χ1) is 9.23. The van der Waals surface area contributed by atoms with Gasteiger partial charge in [0, 0.05) is 12.6 Å². The highest BCUT2D eigenvalue weighted by molar-refractivity contribution is 5.33. The van der Waals surface area contributed by atoms with Crippen molar-refractivity contribution in [3.05, 3.63) is 29.8 Å². The highest BCUT2D eigenvalue weighted by Crippen LogP contribution is 2.60. The summed E-state index contributed by atoms with van der Waals surface area (Å²) >= 11 is 0. The lowest BCUT2D eigenvalue weighted by Gasteiger charge is -2.20. The lowest BCUT2D eigenvalue weighted by molar-refractivity contribution is 0.373. The molecule has 104 valence electrons. The average Bonchev–Trinajstić information content (AvgIpc) is 3.29. The van der Waals surface area contributed by atoms with Crippen molar-refractivity contribution in [2.75, 3.05) is 13.7 Å². The Kier molecular flexibility index (Phi) is 3.53. The Bertz CT molecular complexity index is 435. The van der Waals surface area contributed by atoms with E-state index in [0.717, 1.165) is 18.1 Å². The molecule has 19 heavy (non-hydrogen) atoms. The van der Waals surface area contributed by atoms with Crippen LogP contribution in [0.15, 0.2) is 24.3 Å². The van der Waals surface area contributed by atoms with Gasteiger partial charge in [0.05, 0.1) is 7.11 Å². The van der Waals surface area contributed by atoms with Gasteiger partial charge in [0.15, 0.2) is 0 Å². The first-order valence-corrected chi connectivity index (χ1v) is 7.59. The van der Waals surface area contributed by atoms with Crippen molar-refractivity contribution in [2.24, 2.45) is 11.3 Å². The Labute approximate surface area is 116 Å². The van der Waals surface area contributed by atoms with Crippen LogP contribution in [0.1, 0.15) is 38.2 Å². The lowest BCUT2D eigenvalue weighted by atomic mass is 9.99. The third-order valence-corrected chi connectivity index (χ3v) is 4.86. The molecule has 2 fully saturated rings. The van der Waals surface area contributed by atoms with Gasteiger partial charge in [0.2, 0.25) is 0 Å². The molecule has 2 heteroatoms. The summed E-state index contributed by atoms with van der Waals surface area (Å²) in [7, 11) is 1.75. The molecule has 2 aliphatic carbocycles. The van der Waals surface area contributed by atoms with E-state index >= 15 is 0 Å². The zero-order valence-electron chi connectivity index (χ0n) is 12.1. The minimum atomic E-state index is 0.521. The van der Waals surface area contributed by atoms with Crippen LogP contribution in [0.25, 0.3) is 0 Å². The summed E-state index contributed by atoms with van der Waals surface area (Å²) in [6, 6.07) is 8.87. The molecule has 1 N–H and O–H groups in total. The highest BCUT2D eigenvalue weighted by Gasteiger charge is 2.53. The van der Waals surface area contributed by atoms with Crippen LogP contribution in [0, 0.1) is 11.3 Å². The van der Waals surface area contributed by atoms with Crippen LogP contribution in [-0.2, 0) is 6.42 Å². The fraction of sp³-hybridized carbons (Fsp3) is 0.647. The largest absolute Gasteiger partial charge is 0.496 e. The number of para-hydroxylation sites is 1. The molecule has 0 aromatic heterocycles. The molecule has 1 aromatic carbocycles. The Morgan fingerprint density at radius 1 is 1.32 bits per heavy atom. The summed E-state index contributed by atoms with van der Waals surface area (Å²) in [5, 5.41) is 3.75. The number of nitrogens with one attached hydrogen (secondary N) is 1. The molecular weight excluding hydrogens is 234 g/mol.